The maximum Gasteiger partial charge on any atom is 0.420 e. The van der Waals surface area contributed by atoms with E-state index < -0.39 is 11.7 Å². The number of nitrogens with one attached hydrogen (secondary N) is 1. The first-order valence-electron chi connectivity index (χ1n) is 10.2. The van der Waals surface area contributed by atoms with Gasteiger partial charge >= 0.3 is 6.18 Å². The third kappa shape index (κ3) is 4.65. The third-order valence-corrected chi connectivity index (χ3v) is 5.01. The molecule has 0 saturated carbocycles. The van der Waals surface area contributed by atoms with Crippen molar-refractivity contribution in [1.82, 2.24) is 25.6 Å². The Hall–Kier alpha value is -4.47. The highest BCUT2D eigenvalue weighted by Gasteiger charge is 2.35. The quantitative estimate of drug-likeness (QED) is 0.335. The van der Waals surface area contributed by atoms with Gasteiger partial charge in [0.15, 0.2) is 5.82 Å². The van der Waals surface area contributed by atoms with Crippen molar-refractivity contribution in [2.45, 2.75) is 12.6 Å². The molecule has 3 aromatic carbocycles. The zero-order valence-corrected chi connectivity index (χ0v) is 17.5. The fraction of sp³-hybridized carbons (Fsp3) is 0.0833. The third-order valence-electron chi connectivity index (χ3n) is 5.01. The first-order valence-corrected chi connectivity index (χ1v) is 10.2. The van der Waals surface area contributed by atoms with Crippen LogP contribution in [0.1, 0.15) is 17.0 Å². The monoisotopic (exact) mass is 463 g/mol. The Labute approximate surface area is 191 Å². The molecule has 34 heavy (non-hydrogen) atoms. The number of benzene rings is 3. The van der Waals surface area contributed by atoms with E-state index in [1.165, 1.54) is 12.1 Å². The summed E-state index contributed by atoms with van der Waals surface area (Å²) < 4.78 is 53.1. The molecule has 1 N–H and O–H groups in total. The summed E-state index contributed by atoms with van der Waals surface area (Å²) >= 11 is 0. The van der Waals surface area contributed by atoms with Gasteiger partial charge in [0.25, 0.3) is 0 Å². The van der Waals surface area contributed by atoms with Gasteiger partial charge in [-0.05, 0) is 63.8 Å². The van der Waals surface area contributed by atoms with Crippen molar-refractivity contribution in [3.63, 3.8) is 0 Å². The Morgan fingerprint density at radius 1 is 0.853 bits per heavy atom. The molecule has 0 bridgehead atoms. The fourth-order valence-electron chi connectivity index (χ4n) is 3.48. The summed E-state index contributed by atoms with van der Waals surface area (Å²) in [5, 5.41) is 15.0. The minimum atomic E-state index is -4.65. The molecule has 0 unspecified atom stereocenters. The highest BCUT2D eigenvalue weighted by Crippen LogP contribution is 2.41. The average Bonchev–Trinajstić information content (AvgIpc) is 3.33. The molecule has 0 aliphatic rings. The highest BCUT2D eigenvalue weighted by molar-refractivity contribution is 5.87. The number of alkyl halides is 3. The molecule has 7 nitrogen and oxygen atoms in total. The van der Waals surface area contributed by atoms with Crippen molar-refractivity contribution in [3.05, 3.63) is 96.1 Å². The fourth-order valence-corrected chi connectivity index (χ4v) is 3.48. The molecule has 0 aliphatic carbocycles. The summed E-state index contributed by atoms with van der Waals surface area (Å²) in [6, 6.07) is 17.4. The number of rotatable bonds is 6. The van der Waals surface area contributed by atoms with Crippen LogP contribution < -0.4 is 9.47 Å². The molecule has 170 valence electrons. The molecule has 0 amide bonds. The highest BCUT2D eigenvalue weighted by atomic mass is 19.4. The Morgan fingerprint density at radius 2 is 1.68 bits per heavy atom. The Balaban J connectivity index is 1.43. The summed E-state index contributed by atoms with van der Waals surface area (Å²) in [5.41, 5.74) is -0.178. The smallest absolute Gasteiger partial charge is 0.420 e. The van der Waals surface area contributed by atoms with E-state index in [9.17, 15) is 13.2 Å². The van der Waals surface area contributed by atoms with Crippen molar-refractivity contribution in [2.75, 3.05) is 0 Å². The summed E-state index contributed by atoms with van der Waals surface area (Å²) in [7, 11) is 0. The van der Waals surface area contributed by atoms with Crippen molar-refractivity contribution in [2.24, 2.45) is 0 Å². The number of ether oxygens (including phenoxy) is 2. The maximum atomic E-state index is 13.9. The van der Waals surface area contributed by atoms with Gasteiger partial charge in [0, 0.05) is 24.2 Å². The van der Waals surface area contributed by atoms with Crippen molar-refractivity contribution < 1.29 is 22.6 Å². The second-order valence-electron chi connectivity index (χ2n) is 7.38. The largest absolute Gasteiger partial charge is 0.457 e. The minimum Gasteiger partial charge on any atom is -0.457 e. The molecule has 0 saturated heterocycles. The number of hydrogen-bond donors (Lipinski definition) is 1. The van der Waals surface area contributed by atoms with Crippen LogP contribution in [0.15, 0.2) is 79.1 Å². The van der Waals surface area contributed by atoms with E-state index in [0.29, 0.717) is 23.4 Å². The van der Waals surface area contributed by atoms with Crippen LogP contribution in [0, 0.1) is 0 Å². The van der Waals surface area contributed by atoms with Gasteiger partial charge in [0.2, 0.25) is 0 Å². The summed E-state index contributed by atoms with van der Waals surface area (Å²) in [6.45, 7) is 0. The lowest BCUT2D eigenvalue weighted by atomic mass is 10.1. The Kier molecular flexibility index (Phi) is 5.54. The Morgan fingerprint density at radius 3 is 2.50 bits per heavy atom. The number of halogens is 3. The number of aromatic amines is 1. The first-order chi connectivity index (χ1) is 16.5. The number of tetrazole rings is 1. The van der Waals surface area contributed by atoms with Crippen LogP contribution in [0.3, 0.4) is 0 Å². The van der Waals surface area contributed by atoms with Crippen molar-refractivity contribution in [1.29, 1.82) is 0 Å². The second-order valence-corrected chi connectivity index (χ2v) is 7.38. The summed E-state index contributed by atoms with van der Waals surface area (Å²) in [5.74, 6) is 0.880. The van der Waals surface area contributed by atoms with E-state index >= 15 is 0 Å². The van der Waals surface area contributed by atoms with Crippen LogP contribution in [0.5, 0.6) is 23.0 Å². The van der Waals surface area contributed by atoms with E-state index in [4.69, 9.17) is 9.47 Å². The Bertz CT molecular complexity index is 1430. The zero-order valence-electron chi connectivity index (χ0n) is 17.5. The van der Waals surface area contributed by atoms with Gasteiger partial charge < -0.3 is 9.47 Å². The lowest BCUT2D eigenvalue weighted by Gasteiger charge is -2.16. The number of aromatic nitrogens is 5. The van der Waals surface area contributed by atoms with Crippen LogP contribution in [0.25, 0.3) is 10.8 Å². The van der Waals surface area contributed by atoms with E-state index in [2.05, 4.69) is 25.6 Å². The number of hydrogen-bond acceptors (Lipinski definition) is 6. The molecule has 5 rings (SSSR count). The van der Waals surface area contributed by atoms with Crippen molar-refractivity contribution in [3.8, 4) is 23.0 Å². The van der Waals surface area contributed by atoms with Gasteiger partial charge in [-0.2, -0.15) is 13.2 Å². The molecule has 0 aliphatic heterocycles. The zero-order chi connectivity index (χ0) is 23.5. The van der Waals surface area contributed by atoms with Crippen LogP contribution in [-0.2, 0) is 12.6 Å². The summed E-state index contributed by atoms with van der Waals surface area (Å²) in [4.78, 5) is 4.07. The van der Waals surface area contributed by atoms with Gasteiger partial charge in [0.1, 0.15) is 28.6 Å². The SMILES string of the molecule is FC(F)(F)c1cc(Oc2cccc3ccncc23)ccc1Oc1cccc(Cc2nnn[nH]2)c1. The minimum absolute atomic E-state index is 0.0302. The molecule has 2 heterocycles. The first kappa shape index (κ1) is 21.4. The van der Waals surface area contributed by atoms with Crippen molar-refractivity contribution >= 4 is 10.8 Å². The number of nitrogens with zero attached hydrogens (tertiary/aromatic N) is 4. The molecule has 0 fully saturated rings. The van der Waals surface area contributed by atoms with Gasteiger partial charge in [-0.25, -0.2) is 5.10 Å². The molecule has 0 radical (unpaired) electrons. The van der Waals surface area contributed by atoms with Gasteiger partial charge in [-0.1, -0.05) is 24.3 Å². The number of H-pyrrole nitrogens is 1. The van der Waals surface area contributed by atoms with Gasteiger partial charge in [0.05, 0.1) is 0 Å². The molecule has 0 spiro atoms. The van der Waals surface area contributed by atoms with E-state index in [1.54, 1.807) is 54.9 Å². The van der Waals surface area contributed by atoms with E-state index in [1.807, 2.05) is 6.07 Å². The molecule has 5 aromatic rings. The molecule has 10 heteroatoms. The number of pyridine rings is 1. The molecule has 2 aromatic heterocycles. The predicted molar refractivity (Wildman–Crippen MR) is 117 cm³/mol. The van der Waals surface area contributed by atoms with Gasteiger partial charge in [-0.3, -0.25) is 4.98 Å². The molecule has 0 atom stereocenters. The number of fused-ring (bicyclic) bond motifs is 1. The normalized spacial score (nSPS) is 11.5. The standard InChI is InChI=1S/C24H16F3N5O2/c25-24(26,27)20-13-18(33-21-6-2-4-16-9-10-28-14-19(16)21)7-8-22(20)34-17-5-1-3-15(11-17)12-23-29-31-32-30-23/h1-11,13-14H,12H2,(H,29,30,31,32). The van der Waals surface area contributed by atoms with Crippen LogP contribution in [0.2, 0.25) is 0 Å². The van der Waals surface area contributed by atoms with E-state index in [-0.39, 0.29) is 17.2 Å². The second kappa shape index (κ2) is 8.81. The average molecular weight is 463 g/mol. The van der Waals surface area contributed by atoms with Gasteiger partial charge in [-0.15, -0.1) is 5.10 Å². The maximum absolute atomic E-state index is 13.9. The van der Waals surface area contributed by atoms with Crippen LogP contribution >= 0.6 is 0 Å². The summed E-state index contributed by atoms with van der Waals surface area (Å²) in [6.07, 6.45) is -1.03. The van der Waals surface area contributed by atoms with Crippen LogP contribution in [0.4, 0.5) is 13.2 Å². The molecular weight excluding hydrogens is 447 g/mol. The predicted octanol–water partition coefficient (Wildman–Crippen LogP) is 5.94. The molecular formula is C24H16F3N5O2. The lowest BCUT2D eigenvalue weighted by Crippen LogP contribution is -2.07. The van der Waals surface area contributed by atoms with E-state index in [0.717, 1.165) is 17.0 Å². The lowest BCUT2D eigenvalue weighted by molar-refractivity contribution is -0.138. The topological polar surface area (TPSA) is 85.8 Å². The van der Waals surface area contributed by atoms with Crippen LogP contribution in [-0.4, -0.2) is 25.6 Å².